The zero-order valence-corrected chi connectivity index (χ0v) is 11.2. The molecule has 0 aliphatic carbocycles. The predicted octanol–water partition coefficient (Wildman–Crippen LogP) is 3.77. The third-order valence-electron chi connectivity index (χ3n) is 3.62. The standard InChI is InChI=1S/C15H18F2N2/c1-3-15(10-16,11-17)14-8-9-19(18-14)13-6-4-12(2)5-7-13/h4-9H,3,10-11H2,1-2H3. The number of rotatable bonds is 5. The molecule has 19 heavy (non-hydrogen) atoms. The molecule has 0 spiro atoms. The van der Waals surface area contributed by atoms with Crippen molar-refractivity contribution in [2.45, 2.75) is 25.7 Å². The van der Waals surface area contributed by atoms with Gasteiger partial charge >= 0.3 is 0 Å². The monoisotopic (exact) mass is 264 g/mol. The van der Waals surface area contributed by atoms with E-state index < -0.39 is 18.8 Å². The minimum absolute atomic E-state index is 0.394. The molecular weight excluding hydrogens is 246 g/mol. The summed E-state index contributed by atoms with van der Waals surface area (Å²) in [6, 6.07) is 9.53. The fourth-order valence-corrected chi connectivity index (χ4v) is 1.99. The molecule has 0 saturated heterocycles. The van der Waals surface area contributed by atoms with Crippen LogP contribution in [0.4, 0.5) is 8.78 Å². The van der Waals surface area contributed by atoms with Crippen LogP contribution in [0.1, 0.15) is 24.6 Å². The number of aryl methyl sites for hydroxylation is 1. The second-order valence-corrected chi connectivity index (χ2v) is 4.88. The van der Waals surface area contributed by atoms with E-state index in [9.17, 15) is 8.78 Å². The molecule has 0 amide bonds. The molecule has 1 heterocycles. The fraction of sp³-hybridized carbons (Fsp3) is 0.400. The van der Waals surface area contributed by atoms with Gasteiger partial charge in [0.15, 0.2) is 0 Å². The van der Waals surface area contributed by atoms with Crippen LogP contribution >= 0.6 is 0 Å². The minimum Gasteiger partial charge on any atom is -0.250 e. The van der Waals surface area contributed by atoms with Crippen LogP contribution in [0.15, 0.2) is 36.5 Å². The van der Waals surface area contributed by atoms with Gasteiger partial charge in [-0.3, -0.25) is 0 Å². The van der Waals surface area contributed by atoms with Crippen molar-refractivity contribution in [2.24, 2.45) is 0 Å². The van der Waals surface area contributed by atoms with Crippen molar-refractivity contribution in [3.05, 3.63) is 47.8 Å². The van der Waals surface area contributed by atoms with E-state index in [1.54, 1.807) is 23.9 Å². The summed E-state index contributed by atoms with van der Waals surface area (Å²) in [6.07, 6.45) is 2.14. The van der Waals surface area contributed by atoms with Gasteiger partial charge in [-0.25, -0.2) is 13.5 Å². The van der Waals surface area contributed by atoms with Gasteiger partial charge in [-0.2, -0.15) is 5.10 Å². The quantitative estimate of drug-likeness (QED) is 0.804. The molecule has 2 nitrogen and oxygen atoms in total. The van der Waals surface area contributed by atoms with E-state index >= 15 is 0 Å². The first-order valence-electron chi connectivity index (χ1n) is 6.40. The van der Waals surface area contributed by atoms with E-state index in [1.165, 1.54) is 0 Å². The number of aromatic nitrogens is 2. The van der Waals surface area contributed by atoms with Gasteiger partial charge in [-0.15, -0.1) is 0 Å². The highest BCUT2D eigenvalue weighted by molar-refractivity contribution is 5.34. The average molecular weight is 264 g/mol. The smallest absolute Gasteiger partial charge is 0.103 e. The van der Waals surface area contributed by atoms with Crippen LogP contribution in [0.25, 0.3) is 5.69 Å². The highest BCUT2D eigenvalue weighted by Crippen LogP contribution is 2.28. The van der Waals surface area contributed by atoms with Crippen molar-refractivity contribution < 1.29 is 8.78 Å². The van der Waals surface area contributed by atoms with Crippen LogP contribution in [-0.2, 0) is 5.41 Å². The summed E-state index contributed by atoms with van der Waals surface area (Å²) in [4.78, 5) is 0. The molecule has 2 aromatic rings. The van der Waals surface area contributed by atoms with Gasteiger partial charge in [0.25, 0.3) is 0 Å². The van der Waals surface area contributed by atoms with E-state index in [-0.39, 0.29) is 0 Å². The highest BCUT2D eigenvalue weighted by atomic mass is 19.1. The van der Waals surface area contributed by atoms with Crippen molar-refractivity contribution in [2.75, 3.05) is 13.3 Å². The number of halogens is 2. The lowest BCUT2D eigenvalue weighted by Crippen LogP contribution is -2.31. The van der Waals surface area contributed by atoms with Gasteiger partial charge in [-0.1, -0.05) is 24.6 Å². The number of hydrogen-bond donors (Lipinski definition) is 0. The number of nitrogens with zero attached hydrogens (tertiary/aromatic N) is 2. The van der Waals surface area contributed by atoms with E-state index in [2.05, 4.69) is 5.10 Å². The summed E-state index contributed by atoms with van der Waals surface area (Å²) in [7, 11) is 0. The van der Waals surface area contributed by atoms with Crippen molar-refractivity contribution in [1.29, 1.82) is 0 Å². The summed E-state index contributed by atoms with van der Waals surface area (Å²) < 4.78 is 28.0. The zero-order chi connectivity index (χ0) is 13.9. The maximum Gasteiger partial charge on any atom is 0.103 e. The van der Waals surface area contributed by atoms with E-state index in [0.29, 0.717) is 12.1 Å². The molecule has 0 fully saturated rings. The Balaban J connectivity index is 2.35. The molecule has 0 unspecified atom stereocenters. The Kier molecular flexibility index (Phi) is 3.98. The lowest BCUT2D eigenvalue weighted by molar-refractivity contribution is 0.225. The Morgan fingerprint density at radius 1 is 1.11 bits per heavy atom. The van der Waals surface area contributed by atoms with Crippen LogP contribution in [-0.4, -0.2) is 23.1 Å². The number of benzene rings is 1. The molecule has 0 atom stereocenters. The second-order valence-electron chi connectivity index (χ2n) is 4.88. The van der Waals surface area contributed by atoms with Crippen LogP contribution in [0, 0.1) is 6.92 Å². The maximum absolute atomic E-state index is 13.2. The maximum atomic E-state index is 13.2. The topological polar surface area (TPSA) is 17.8 Å². The Morgan fingerprint density at radius 3 is 2.26 bits per heavy atom. The second kappa shape index (κ2) is 5.51. The fourth-order valence-electron chi connectivity index (χ4n) is 1.99. The molecule has 0 aliphatic rings. The van der Waals surface area contributed by atoms with Gasteiger partial charge in [0, 0.05) is 6.20 Å². The van der Waals surface area contributed by atoms with Crippen LogP contribution in [0.5, 0.6) is 0 Å². The van der Waals surface area contributed by atoms with Gasteiger partial charge in [0.05, 0.1) is 16.8 Å². The predicted molar refractivity (Wildman–Crippen MR) is 72.2 cm³/mol. The minimum atomic E-state index is -1.10. The molecule has 1 aromatic carbocycles. The summed E-state index contributed by atoms with van der Waals surface area (Å²) in [5, 5.41) is 4.33. The number of hydrogen-bond acceptors (Lipinski definition) is 1. The molecule has 0 saturated carbocycles. The SMILES string of the molecule is CCC(CF)(CF)c1ccn(-c2ccc(C)cc2)n1. The lowest BCUT2D eigenvalue weighted by Gasteiger charge is -2.23. The van der Waals surface area contributed by atoms with Crippen molar-refractivity contribution >= 4 is 0 Å². The van der Waals surface area contributed by atoms with Gasteiger partial charge in [0.2, 0.25) is 0 Å². The molecule has 0 bridgehead atoms. The van der Waals surface area contributed by atoms with Gasteiger partial charge in [0.1, 0.15) is 13.3 Å². The summed E-state index contributed by atoms with van der Waals surface area (Å²) in [5.74, 6) is 0. The van der Waals surface area contributed by atoms with E-state index in [1.807, 2.05) is 31.2 Å². The molecule has 2 rings (SSSR count). The molecule has 0 aliphatic heterocycles. The highest BCUT2D eigenvalue weighted by Gasteiger charge is 2.33. The normalized spacial score (nSPS) is 11.8. The molecule has 0 N–H and O–H groups in total. The molecule has 4 heteroatoms. The Hall–Kier alpha value is -1.71. The third kappa shape index (κ3) is 2.53. The zero-order valence-electron chi connectivity index (χ0n) is 11.2. The van der Waals surface area contributed by atoms with Crippen LogP contribution in [0.2, 0.25) is 0 Å². The lowest BCUT2D eigenvalue weighted by atomic mass is 9.85. The van der Waals surface area contributed by atoms with E-state index in [4.69, 9.17) is 0 Å². The average Bonchev–Trinajstić information content (AvgIpc) is 2.93. The summed E-state index contributed by atoms with van der Waals surface area (Å²) >= 11 is 0. The number of alkyl halides is 2. The summed E-state index contributed by atoms with van der Waals surface area (Å²) in [6.45, 7) is 2.33. The van der Waals surface area contributed by atoms with Gasteiger partial charge in [-0.05, 0) is 31.5 Å². The first-order chi connectivity index (χ1) is 9.15. The molecule has 102 valence electrons. The van der Waals surface area contributed by atoms with Gasteiger partial charge < -0.3 is 0 Å². The third-order valence-corrected chi connectivity index (χ3v) is 3.62. The van der Waals surface area contributed by atoms with Crippen molar-refractivity contribution in [3.63, 3.8) is 0 Å². The first-order valence-corrected chi connectivity index (χ1v) is 6.40. The van der Waals surface area contributed by atoms with E-state index in [0.717, 1.165) is 11.3 Å². The van der Waals surface area contributed by atoms with Crippen LogP contribution < -0.4 is 0 Å². The Morgan fingerprint density at radius 2 is 1.74 bits per heavy atom. The van der Waals surface area contributed by atoms with Crippen molar-refractivity contribution in [3.8, 4) is 5.69 Å². The summed E-state index contributed by atoms with van der Waals surface area (Å²) in [5.41, 5.74) is 1.42. The largest absolute Gasteiger partial charge is 0.250 e. The first kappa shape index (κ1) is 13.7. The Labute approximate surface area is 112 Å². The van der Waals surface area contributed by atoms with Crippen LogP contribution in [0.3, 0.4) is 0 Å². The molecule has 1 aromatic heterocycles. The van der Waals surface area contributed by atoms with Crippen molar-refractivity contribution in [1.82, 2.24) is 9.78 Å². The molecule has 0 radical (unpaired) electrons. The molecular formula is C15H18F2N2. The Bertz CT molecular complexity index is 519.